The number of hydrogen-bond acceptors (Lipinski definition) is 7. The van der Waals surface area contributed by atoms with Gasteiger partial charge in [-0.15, -0.1) is 0 Å². The summed E-state index contributed by atoms with van der Waals surface area (Å²) in [7, 11) is 1.59. The zero-order valence-electron chi connectivity index (χ0n) is 13.9. The number of aromatic nitrogens is 3. The molecule has 0 spiro atoms. The lowest BCUT2D eigenvalue weighted by molar-refractivity contribution is 0.0786. The van der Waals surface area contributed by atoms with Crippen molar-refractivity contribution in [2.45, 2.75) is 25.2 Å². The second-order valence-electron chi connectivity index (χ2n) is 5.25. The minimum atomic E-state index is 0.0237. The normalized spacial score (nSPS) is 13.1. The highest BCUT2D eigenvalue weighted by Gasteiger charge is 2.29. The Balaban J connectivity index is 1.83. The maximum Gasteiger partial charge on any atom is 0.256 e. The molecule has 1 aliphatic rings. The van der Waals surface area contributed by atoms with E-state index in [9.17, 15) is 4.79 Å². The van der Waals surface area contributed by atoms with Crippen LogP contribution in [-0.4, -0.2) is 45.7 Å². The number of hydrogen-bond donors (Lipinski definition) is 1. The van der Waals surface area contributed by atoms with Gasteiger partial charge in [0.2, 0.25) is 5.88 Å². The fraction of sp³-hybridized carbons (Fsp3) is 0.375. The number of nitrogens with zero attached hydrogens (tertiary/aromatic N) is 4. The predicted octanol–water partition coefficient (Wildman–Crippen LogP) is 2.19. The molecule has 0 radical (unpaired) electrons. The smallest absolute Gasteiger partial charge is 0.256 e. The third-order valence-corrected chi connectivity index (χ3v) is 4.41. The van der Waals surface area contributed by atoms with E-state index in [1.165, 1.54) is 11.8 Å². The fourth-order valence-electron chi connectivity index (χ4n) is 2.58. The molecule has 0 saturated carbocycles. The molecule has 0 saturated heterocycles. The number of methoxy groups -OCH3 is 1. The third-order valence-electron chi connectivity index (χ3n) is 3.85. The minimum Gasteiger partial charge on any atom is -0.481 e. The Kier molecular flexibility index (Phi) is 4.84. The molecule has 0 bridgehead atoms. The molecule has 24 heavy (non-hydrogen) atoms. The van der Waals surface area contributed by atoms with Crippen LogP contribution in [0.15, 0.2) is 23.5 Å². The third kappa shape index (κ3) is 3.14. The number of carbonyl (C=O) groups excluding carboxylic acids is 1. The van der Waals surface area contributed by atoms with Crippen LogP contribution in [0.5, 0.6) is 5.88 Å². The highest BCUT2D eigenvalue weighted by Crippen LogP contribution is 2.27. The average molecular weight is 345 g/mol. The van der Waals surface area contributed by atoms with Gasteiger partial charge in [0.25, 0.3) is 5.91 Å². The summed E-state index contributed by atoms with van der Waals surface area (Å²) in [5, 5.41) is 3.93. The number of pyridine rings is 1. The van der Waals surface area contributed by atoms with Crippen molar-refractivity contribution in [1.82, 2.24) is 19.9 Å². The second kappa shape index (κ2) is 7.04. The van der Waals surface area contributed by atoms with Gasteiger partial charge in [-0.25, -0.2) is 15.0 Å². The molecule has 126 valence electrons. The van der Waals surface area contributed by atoms with E-state index >= 15 is 0 Å². The van der Waals surface area contributed by atoms with Gasteiger partial charge in [-0.3, -0.25) is 4.79 Å². The number of anilines is 1. The predicted molar refractivity (Wildman–Crippen MR) is 92.3 cm³/mol. The lowest BCUT2D eigenvalue weighted by Gasteiger charge is -2.11. The maximum atomic E-state index is 12.3. The van der Waals surface area contributed by atoms with Crippen molar-refractivity contribution in [2.75, 3.05) is 25.2 Å². The molecule has 1 aliphatic heterocycles. The molecule has 3 heterocycles. The standard InChI is InChI=1S/C16H19N5O2S/c1-4-21-9-12-11(15(21)22)7-10(14(19-12)23-2)8-18-13-5-6-17-16(20-13)24-3/h5-7H,4,8-9H2,1-3H3,(H,17,18,20). The van der Waals surface area contributed by atoms with Crippen LogP contribution in [0.2, 0.25) is 0 Å². The summed E-state index contributed by atoms with van der Waals surface area (Å²) in [5.74, 6) is 1.28. The number of nitrogens with one attached hydrogen (secondary N) is 1. The second-order valence-corrected chi connectivity index (χ2v) is 6.03. The number of amides is 1. The summed E-state index contributed by atoms with van der Waals surface area (Å²) < 4.78 is 5.39. The van der Waals surface area contributed by atoms with Crippen molar-refractivity contribution in [3.8, 4) is 5.88 Å². The van der Waals surface area contributed by atoms with E-state index in [1.54, 1.807) is 24.3 Å². The van der Waals surface area contributed by atoms with Gasteiger partial charge < -0.3 is 15.0 Å². The number of ether oxygens (including phenoxy) is 1. The Morgan fingerprint density at radius 1 is 1.42 bits per heavy atom. The zero-order valence-corrected chi connectivity index (χ0v) is 14.7. The van der Waals surface area contributed by atoms with Gasteiger partial charge in [-0.2, -0.15) is 0 Å². The molecular formula is C16H19N5O2S. The molecule has 1 N–H and O–H groups in total. The molecule has 0 atom stereocenters. The first kappa shape index (κ1) is 16.5. The van der Waals surface area contributed by atoms with Crippen LogP contribution < -0.4 is 10.1 Å². The first-order valence-corrected chi connectivity index (χ1v) is 8.85. The highest BCUT2D eigenvalue weighted by molar-refractivity contribution is 7.98. The van der Waals surface area contributed by atoms with Crippen LogP contribution in [0.1, 0.15) is 28.5 Å². The van der Waals surface area contributed by atoms with E-state index in [4.69, 9.17) is 4.74 Å². The van der Waals surface area contributed by atoms with E-state index in [1.807, 2.05) is 19.2 Å². The Hall–Kier alpha value is -2.35. The Morgan fingerprint density at radius 2 is 2.25 bits per heavy atom. The van der Waals surface area contributed by atoms with E-state index < -0.39 is 0 Å². The molecular weight excluding hydrogens is 326 g/mol. The SMILES string of the molecule is CCN1Cc2nc(OC)c(CNc3ccnc(SC)n3)cc2C1=O. The number of rotatable bonds is 6. The van der Waals surface area contributed by atoms with Gasteiger partial charge in [-0.1, -0.05) is 11.8 Å². The van der Waals surface area contributed by atoms with E-state index in [0.29, 0.717) is 36.2 Å². The lowest BCUT2D eigenvalue weighted by Crippen LogP contribution is -2.23. The van der Waals surface area contributed by atoms with Crippen LogP contribution in [0.3, 0.4) is 0 Å². The quantitative estimate of drug-likeness (QED) is 0.635. The molecule has 0 aliphatic carbocycles. The Bertz CT molecular complexity index is 768. The topological polar surface area (TPSA) is 80.2 Å². The first-order valence-electron chi connectivity index (χ1n) is 7.63. The molecule has 2 aromatic rings. The van der Waals surface area contributed by atoms with Crippen LogP contribution in [0.4, 0.5) is 5.82 Å². The molecule has 0 aromatic carbocycles. The summed E-state index contributed by atoms with van der Waals surface area (Å²) >= 11 is 1.48. The molecule has 1 amide bonds. The van der Waals surface area contributed by atoms with Gasteiger partial charge >= 0.3 is 0 Å². The van der Waals surface area contributed by atoms with Gasteiger partial charge in [0, 0.05) is 24.8 Å². The molecule has 2 aromatic heterocycles. The summed E-state index contributed by atoms with van der Waals surface area (Å²) in [5.41, 5.74) is 2.25. The van der Waals surface area contributed by atoms with Gasteiger partial charge in [0.1, 0.15) is 5.82 Å². The summed E-state index contributed by atoms with van der Waals surface area (Å²) in [6.07, 6.45) is 3.64. The molecule has 0 fully saturated rings. The Morgan fingerprint density at radius 3 is 2.96 bits per heavy atom. The highest BCUT2D eigenvalue weighted by atomic mass is 32.2. The minimum absolute atomic E-state index is 0.0237. The van der Waals surface area contributed by atoms with E-state index in [-0.39, 0.29) is 5.91 Å². The number of fused-ring (bicyclic) bond motifs is 1. The zero-order chi connectivity index (χ0) is 17.1. The van der Waals surface area contributed by atoms with Crippen molar-refractivity contribution in [3.05, 3.63) is 35.2 Å². The van der Waals surface area contributed by atoms with Gasteiger partial charge in [0.05, 0.1) is 24.9 Å². The number of carbonyl (C=O) groups is 1. The summed E-state index contributed by atoms with van der Waals surface area (Å²) in [4.78, 5) is 27.1. The lowest BCUT2D eigenvalue weighted by atomic mass is 10.1. The van der Waals surface area contributed by atoms with Crippen molar-refractivity contribution in [1.29, 1.82) is 0 Å². The monoisotopic (exact) mass is 345 g/mol. The summed E-state index contributed by atoms with van der Waals surface area (Å²) in [6, 6.07) is 3.67. The van der Waals surface area contributed by atoms with Gasteiger partial charge in [0.15, 0.2) is 5.16 Å². The van der Waals surface area contributed by atoms with E-state index in [0.717, 1.165) is 17.1 Å². The fourth-order valence-corrected chi connectivity index (χ4v) is 2.94. The largest absolute Gasteiger partial charge is 0.481 e. The van der Waals surface area contributed by atoms with Crippen molar-refractivity contribution >= 4 is 23.5 Å². The van der Waals surface area contributed by atoms with Crippen LogP contribution in [-0.2, 0) is 13.1 Å². The van der Waals surface area contributed by atoms with Crippen LogP contribution in [0.25, 0.3) is 0 Å². The van der Waals surface area contributed by atoms with Crippen LogP contribution >= 0.6 is 11.8 Å². The average Bonchev–Trinajstić information content (AvgIpc) is 2.94. The van der Waals surface area contributed by atoms with Crippen molar-refractivity contribution in [3.63, 3.8) is 0 Å². The van der Waals surface area contributed by atoms with E-state index in [2.05, 4.69) is 20.3 Å². The summed E-state index contributed by atoms with van der Waals surface area (Å²) in [6.45, 7) is 3.64. The Labute approximate surface area is 144 Å². The molecule has 8 heteroatoms. The van der Waals surface area contributed by atoms with Crippen molar-refractivity contribution in [2.24, 2.45) is 0 Å². The van der Waals surface area contributed by atoms with Crippen LogP contribution in [0, 0.1) is 0 Å². The van der Waals surface area contributed by atoms with Crippen molar-refractivity contribution < 1.29 is 9.53 Å². The molecule has 0 unspecified atom stereocenters. The number of thioether (sulfide) groups is 1. The first-order chi connectivity index (χ1) is 11.7. The van der Waals surface area contributed by atoms with Gasteiger partial charge in [-0.05, 0) is 25.3 Å². The maximum absolute atomic E-state index is 12.3. The molecule has 3 rings (SSSR count). The molecule has 7 nitrogen and oxygen atoms in total.